The van der Waals surface area contributed by atoms with E-state index in [2.05, 4.69) is 19.9 Å². The topological polar surface area (TPSA) is 216 Å². The number of methoxy groups -OCH3 is 2. The van der Waals surface area contributed by atoms with Crippen molar-refractivity contribution in [1.82, 2.24) is 29.7 Å². The summed E-state index contributed by atoms with van der Waals surface area (Å²) in [7, 11) is 3.00. The van der Waals surface area contributed by atoms with E-state index in [-0.39, 0.29) is 135 Å². The molecule has 0 unspecified atom stereocenters. The Morgan fingerprint density at radius 1 is 0.500 bits per heavy atom. The van der Waals surface area contributed by atoms with E-state index < -0.39 is 107 Å². The molecule has 0 N–H and O–H groups in total. The van der Waals surface area contributed by atoms with Gasteiger partial charge in [0, 0.05) is 62.1 Å². The van der Waals surface area contributed by atoms with Gasteiger partial charge in [0.15, 0.2) is 11.4 Å². The van der Waals surface area contributed by atoms with E-state index >= 15 is 17.6 Å². The van der Waals surface area contributed by atoms with Crippen LogP contribution in [0.1, 0.15) is 180 Å². The van der Waals surface area contributed by atoms with E-state index in [1.165, 1.54) is 24.0 Å². The first-order chi connectivity index (χ1) is 43.0. The molecule has 6 fully saturated rings. The van der Waals surface area contributed by atoms with Crippen molar-refractivity contribution >= 4 is 58.4 Å². The first-order valence-electron chi connectivity index (χ1n) is 32.6. The van der Waals surface area contributed by atoms with Gasteiger partial charge >= 0.3 is 11.9 Å². The number of esters is 2. The molecule has 0 spiro atoms. The molecular formula is C68H84F4N6O12V2-2. The molecule has 6 heterocycles. The van der Waals surface area contributed by atoms with Crippen LogP contribution in [0.15, 0.2) is 36.4 Å². The van der Waals surface area contributed by atoms with Gasteiger partial charge < -0.3 is 47.8 Å². The Labute approximate surface area is 559 Å². The summed E-state index contributed by atoms with van der Waals surface area (Å²) in [5, 5.41) is 0. The number of fused-ring (bicyclic) bond motifs is 10. The number of ether oxygens (including phenoxy) is 6. The second kappa shape index (κ2) is 29.2. The minimum atomic E-state index is -3.35. The number of benzene rings is 2. The molecule has 4 aliphatic heterocycles. The van der Waals surface area contributed by atoms with Crippen molar-refractivity contribution in [1.29, 1.82) is 0 Å². The number of nitrogens with zero attached hydrogens (tertiary/aromatic N) is 6. The fourth-order valence-corrected chi connectivity index (χ4v) is 15.6. The van der Waals surface area contributed by atoms with E-state index in [1.54, 1.807) is 50.2 Å². The molecule has 92 heavy (non-hydrogen) atoms. The Bertz CT molecular complexity index is 3340. The third-order valence-electron chi connectivity index (χ3n) is 21.5. The molecule has 4 saturated carbocycles. The number of rotatable bonds is 6. The molecule has 2 saturated heterocycles. The molecule has 24 heteroatoms. The number of aromatic nitrogens is 4. The Hall–Kier alpha value is -5.57. The predicted octanol–water partition coefficient (Wildman–Crippen LogP) is 11.8. The Balaban J connectivity index is 0.000000213. The molecule has 4 aromatic rings. The van der Waals surface area contributed by atoms with E-state index in [1.807, 2.05) is 26.4 Å². The average molecular weight is 1360 g/mol. The molecule has 12 rings (SSSR count). The van der Waals surface area contributed by atoms with Crippen molar-refractivity contribution in [3.05, 3.63) is 47.8 Å². The quantitative estimate of drug-likeness (QED) is 0.0996. The molecule has 498 valence electrons. The van der Waals surface area contributed by atoms with Crippen LogP contribution in [0.25, 0.3) is 22.1 Å². The van der Waals surface area contributed by atoms with Gasteiger partial charge in [0.25, 0.3) is 11.8 Å². The van der Waals surface area contributed by atoms with Gasteiger partial charge in [-0.25, -0.2) is 32.5 Å². The van der Waals surface area contributed by atoms with Crippen molar-refractivity contribution in [3.8, 4) is 23.3 Å². The number of hydrogen-bond acceptors (Lipinski definition) is 16. The summed E-state index contributed by atoms with van der Waals surface area (Å²) in [6, 6.07) is 7.71. The third kappa shape index (κ3) is 14.9. The molecule has 18 nitrogen and oxygen atoms in total. The second-order valence-corrected chi connectivity index (χ2v) is 27.5. The number of carbonyl (C=O) groups excluding carboxylic acids is 6. The van der Waals surface area contributed by atoms with Gasteiger partial charge in [-0.1, -0.05) is 78.3 Å². The van der Waals surface area contributed by atoms with Gasteiger partial charge in [-0.2, -0.15) is 17.6 Å². The summed E-state index contributed by atoms with van der Waals surface area (Å²) in [5.41, 5.74) is -0.760. The molecule has 2 aromatic carbocycles. The Kier molecular flexibility index (Phi) is 22.4. The number of alkyl halides is 4. The fraction of sp³-hybridized carbons (Fsp3) is 0.676. The number of hydrogen-bond donors (Lipinski definition) is 0. The van der Waals surface area contributed by atoms with Crippen LogP contribution >= 0.6 is 0 Å². The maximum absolute atomic E-state index is 16.0. The minimum Gasteiger partial charge on any atom is -0.540 e. The van der Waals surface area contributed by atoms with Crippen LogP contribution in [0, 0.1) is 46.3 Å². The maximum Gasteiger partial charge on any atom is 0.306 e. The predicted molar refractivity (Wildman–Crippen MR) is 321 cm³/mol. The van der Waals surface area contributed by atoms with Crippen molar-refractivity contribution in [3.63, 3.8) is 0 Å². The largest absolute Gasteiger partial charge is 0.540 e. The van der Waals surface area contributed by atoms with Gasteiger partial charge in [-0.15, -0.1) is 0 Å². The summed E-state index contributed by atoms with van der Waals surface area (Å²) in [5.74, 6) is -10.1. The standard InChI is InChI=1S/C35H44F2N3O6.C33H40F2N3O6.2V/c1-21-27(20-41)40-19-29(21)46-32-31(38-25-13-12-23(44-3)17-26(25)39-32)35(36,37)16-5-4-9-22-10-8-11-28(22)45-30(42)18-24(33(40)43)34(2)14-6-7-15-34;1-19-25(18-39)38-17-27(19)44-30-29(36-23-10-9-21(42-3)15-24(23)37-30)33(34,35)13-5-4-8-20-14-26(20)43-28(40)16-22(31(38)41)32(2)11-6-7-12-32;;/h12-13,17,21-22,24,27-29H,4-11,14-16,18-19H2,1-3H3;9-10,15,19-20,22,25-27H,4-8,11-14,16-17H2,1-3H3;;/q2*-1;;/t21-,22+,24+,27+,28+,29-;19-,20+,22+,25+,26+,27-;;/m00../s1. The monoisotopic (exact) mass is 1350 g/mol. The molecule has 12 atom stereocenters. The summed E-state index contributed by atoms with van der Waals surface area (Å²) < 4.78 is 98.6. The van der Waals surface area contributed by atoms with Crippen LogP contribution in [-0.4, -0.2) is 130 Å². The number of halogens is 4. The van der Waals surface area contributed by atoms with Crippen molar-refractivity contribution in [2.75, 3.05) is 27.3 Å². The summed E-state index contributed by atoms with van der Waals surface area (Å²) in [6.07, 6.45) is 13.9. The zero-order valence-electron chi connectivity index (χ0n) is 53.4. The first kappa shape index (κ1) is 70.7. The Morgan fingerprint density at radius 2 is 0.902 bits per heavy atom. The zero-order chi connectivity index (χ0) is 63.9. The molecule has 4 bridgehead atoms. The normalized spacial score (nSPS) is 31.2. The van der Waals surface area contributed by atoms with E-state index in [4.69, 9.17) is 28.4 Å². The van der Waals surface area contributed by atoms with Crippen LogP contribution in [0.2, 0.25) is 0 Å². The summed E-state index contributed by atoms with van der Waals surface area (Å²) in [6.45, 7) is 7.48. The molecule has 8 aliphatic rings. The second-order valence-electron chi connectivity index (χ2n) is 27.5. The van der Waals surface area contributed by atoms with Crippen LogP contribution in [-0.2, 0) is 87.2 Å². The van der Waals surface area contributed by atoms with Crippen molar-refractivity contribution < 1.29 is 112 Å². The molecule has 4 aliphatic carbocycles. The van der Waals surface area contributed by atoms with Crippen LogP contribution < -0.4 is 18.9 Å². The Morgan fingerprint density at radius 3 is 1.33 bits per heavy atom. The molecule has 2 aromatic heterocycles. The molecule has 2 amide bonds. The van der Waals surface area contributed by atoms with Gasteiger partial charge in [0.1, 0.15) is 35.9 Å². The van der Waals surface area contributed by atoms with Crippen LogP contribution in [0.4, 0.5) is 17.6 Å². The van der Waals surface area contributed by atoms with E-state index in [0.29, 0.717) is 54.6 Å². The van der Waals surface area contributed by atoms with Gasteiger partial charge in [-0.3, -0.25) is 19.2 Å². The van der Waals surface area contributed by atoms with E-state index in [9.17, 15) is 28.8 Å². The molecule has 2 radical (unpaired) electrons. The fourth-order valence-electron chi connectivity index (χ4n) is 15.6. The maximum atomic E-state index is 16.0. The van der Waals surface area contributed by atoms with Gasteiger partial charge in [0.2, 0.25) is 23.6 Å². The van der Waals surface area contributed by atoms with Crippen LogP contribution in [0.5, 0.6) is 23.3 Å². The average Bonchev–Trinajstić information content (AvgIpc) is 1.32. The SMILES string of the molecule is COc1ccc2nc3c(nc2c1)O[C@H]1CN(C(=O)[C@H](C2(C)CCCC2)CC(=O)O[C@@H]2CCC[C@H]2CCCCC3(F)F)[C@H]([C-]=O)[C@@H]1C.COc1ccc2nc3c(nc2c1)O[C@H]1CN(C(=O)[C@H](C2(C)CCCC2)CC(=O)O[C@@H]2C[C@H]2CCCCC3(F)F)[C@H]([C-]=O)[C@@H]1C.[V].[V]. The van der Waals surface area contributed by atoms with Crippen LogP contribution in [0.3, 0.4) is 0 Å². The van der Waals surface area contributed by atoms with E-state index in [0.717, 1.165) is 70.6 Å². The van der Waals surface area contributed by atoms with Gasteiger partial charge in [0.05, 0.1) is 74.1 Å². The smallest absolute Gasteiger partial charge is 0.306 e. The van der Waals surface area contributed by atoms with Crippen molar-refractivity contribution in [2.24, 2.45) is 46.3 Å². The zero-order valence-corrected chi connectivity index (χ0v) is 56.1. The summed E-state index contributed by atoms with van der Waals surface area (Å²) in [4.78, 5) is 100. The first-order valence-corrected chi connectivity index (χ1v) is 32.6. The third-order valence-corrected chi connectivity index (χ3v) is 21.5. The number of carbonyl (C=O) groups is 4. The van der Waals surface area contributed by atoms with Gasteiger partial charge in [-0.05, 0) is 136 Å². The number of amides is 2. The minimum absolute atomic E-state index is 0. The summed E-state index contributed by atoms with van der Waals surface area (Å²) >= 11 is 0. The van der Waals surface area contributed by atoms with Crippen molar-refractivity contribution in [2.45, 2.75) is 217 Å². The molecular weight excluding hydrogens is 1270 g/mol.